The largest absolute Gasteiger partial charge is 0.416 e. The molecule has 210 valence electrons. The summed E-state index contributed by atoms with van der Waals surface area (Å²) in [5.74, 6) is 2.90. The number of nitrogen functional groups attached to an aromatic ring is 1. The van der Waals surface area contributed by atoms with E-state index in [-0.39, 0.29) is 35.0 Å². The van der Waals surface area contributed by atoms with E-state index in [4.69, 9.17) is 10.7 Å². The van der Waals surface area contributed by atoms with Gasteiger partial charge in [0.1, 0.15) is 17.5 Å². The van der Waals surface area contributed by atoms with Crippen molar-refractivity contribution in [2.45, 2.75) is 31.9 Å². The van der Waals surface area contributed by atoms with Gasteiger partial charge in [0.25, 0.3) is 11.8 Å². The van der Waals surface area contributed by atoms with Crippen LogP contribution in [0, 0.1) is 17.7 Å². The third kappa shape index (κ3) is 5.54. The van der Waals surface area contributed by atoms with Gasteiger partial charge in [0, 0.05) is 37.0 Å². The number of carbonyl (C=O) groups excluding carboxylic acids is 2. The molecule has 5 rings (SSSR count). The zero-order valence-electron chi connectivity index (χ0n) is 21.7. The highest BCUT2D eigenvalue weighted by Gasteiger charge is 2.31. The number of likely N-dealkylation sites (tertiary alicyclic amines) is 1. The van der Waals surface area contributed by atoms with Gasteiger partial charge in [-0.1, -0.05) is 12.0 Å². The van der Waals surface area contributed by atoms with Gasteiger partial charge in [-0.3, -0.25) is 14.0 Å². The second-order valence-corrected chi connectivity index (χ2v) is 9.39. The summed E-state index contributed by atoms with van der Waals surface area (Å²) in [6.45, 7) is 2.58. The molecule has 3 aromatic heterocycles. The third-order valence-electron chi connectivity index (χ3n) is 6.74. The summed E-state index contributed by atoms with van der Waals surface area (Å²) in [4.78, 5) is 39.4. The highest BCUT2D eigenvalue weighted by Crippen LogP contribution is 2.34. The van der Waals surface area contributed by atoms with Crippen LogP contribution in [-0.4, -0.2) is 49.2 Å². The number of benzene rings is 1. The predicted octanol–water partition coefficient (Wildman–Crippen LogP) is 4.51. The smallest absolute Gasteiger partial charge is 0.369 e. The number of amides is 2. The molecule has 4 aromatic rings. The molecular formula is C28H23F4N7O2. The lowest BCUT2D eigenvalue weighted by molar-refractivity contribution is -0.137. The molecule has 0 spiro atoms. The molecule has 0 aliphatic carbocycles. The average molecular weight is 566 g/mol. The van der Waals surface area contributed by atoms with Crippen LogP contribution in [0.1, 0.15) is 47.3 Å². The Bertz CT molecular complexity index is 1720. The van der Waals surface area contributed by atoms with Crippen molar-refractivity contribution in [3.63, 3.8) is 0 Å². The molecule has 3 N–H and O–H groups in total. The number of aromatic nitrogens is 4. The van der Waals surface area contributed by atoms with Gasteiger partial charge in [0.05, 0.1) is 22.3 Å². The topological polar surface area (TPSA) is 119 Å². The average Bonchev–Trinajstić information content (AvgIpc) is 3.34. The Kier molecular flexibility index (Phi) is 7.32. The molecule has 1 atom stereocenters. The quantitative estimate of drug-likeness (QED) is 0.278. The van der Waals surface area contributed by atoms with Crippen LogP contribution in [-0.2, 0) is 11.0 Å². The molecule has 4 heterocycles. The van der Waals surface area contributed by atoms with Gasteiger partial charge in [-0.2, -0.15) is 13.2 Å². The standard InChI is InChI=1S/C28H23F4N7O2/c1-2-4-23(40)38-12-3-5-17(15-38)24-21-9-11-35-27(33)39(21)25(37-24)16-6-7-19(20(29)13-16)26(41)36-22-14-18(8-10-34-22)28(30,31)32/h6-11,13-14,17H,3,5,12,15H2,1H3,(H2,33,35)(H,34,36,41). The van der Waals surface area contributed by atoms with Crippen LogP contribution in [0.4, 0.5) is 29.3 Å². The van der Waals surface area contributed by atoms with Gasteiger partial charge in [-0.05, 0) is 56.0 Å². The third-order valence-corrected chi connectivity index (χ3v) is 6.74. The van der Waals surface area contributed by atoms with Crippen LogP contribution in [0.2, 0.25) is 0 Å². The van der Waals surface area contributed by atoms with E-state index in [1.54, 1.807) is 22.3 Å². The van der Waals surface area contributed by atoms with Gasteiger partial charge in [0.15, 0.2) is 0 Å². The minimum absolute atomic E-state index is 0.106. The van der Waals surface area contributed by atoms with E-state index in [0.717, 1.165) is 31.2 Å². The Balaban J connectivity index is 1.46. The van der Waals surface area contributed by atoms with E-state index in [2.05, 4.69) is 27.1 Å². The summed E-state index contributed by atoms with van der Waals surface area (Å²) in [5, 5.41) is 2.20. The van der Waals surface area contributed by atoms with Gasteiger partial charge < -0.3 is 16.0 Å². The zero-order chi connectivity index (χ0) is 29.3. The van der Waals surface area contributed by atoms with Crippen molar-refractivity contribution in [3.8, 4) is 23.2 Å². The number of rotatable bonds is 4. The maximum absolute atomic E-state index is 15.2. The van der Waals surface area contributed by atoms with Gasteiger partial charge in [-0.15, -0.1) is 0 Å². The summed E-state index contributed by atoms with van der Waals surface area (Å²) < 4.78 is 55.8. The maximum Gasteiger partial charge on any atom is 0.416 e. The van der Waals surface area contributed by atoms with Crippen LogP contribution in [0.15, 0.2) is 48.8 Å². The van der Waals surface area contributed by atoms with Crippen molar-refractivity contribution in [1.29, 1.82) is 0 Å². The number of alkyl halides is 3. The fraction of sp³-hybridized carbons (Fsp3) is 0.250. The minimum atomic E-state index is -4.63. The fourth-order valence-electron chi connectivity index (χ4n) is 4.85. The molecule has 1 unspecified atom stereocenters. The lowest BCUT2D eigenvalue weighted by Gasteiger charge is -2.30. The lowest BCUT2D eigenvalue weighted by Crippen LogP contribution is -2.38. The predicted molar refractivity (Wildman–Crippen MR) is 142 cm³/mol. The molecule has 1 aromatic carbocycles. The number of imidazole rings is 1. The monoisotopic (exact) mass is 565 g/mol. The molecule has 1 fully saturated rings. The first kappa shape index (κ1) is 27.6. The van der Waals surface area contributed by atoms with E-state index in [9.17, 15) is 22.8 Å². The first-order chi connectivity index (χ1) is 19.6. The van der Waals surface area contributed by atoms with Crippen LogP contribution in [0.25, 0.3) is 16.9 Å². The molecule has 1 aliphatic rings. The maximum atomic E-state index is 15.2. The summed E-state index contributed by atoms with van der Waals surface area (Å²) in [5.41, 5.74) is 6.37. The van der Waals surface area contributed by atoms with Crippen molar-refractivity contribution in [1.82, 2.24) is 24.3 Å². The SMILES string of the molecule is CC#CC(=O)N1CCCC(c2nc(-c3ccc(C(=O)Nc4cc(C(F)(F)F)ccn4)c(F)c3)n3c(N)nccc23)C1. The van der Waals surface area contributed by atoms with E-state index < -0.39 is 29.0 Å². The highest BCUT2D eigenvalue weighted by atomic mass is 19.4. The molecule has 0 bridgehead atoms. The summed E-state index contributed by atoms with van der Waals surface area (Å²) >= 11 is 0. The number of hydrogen-bond donors (Lipinski definition) is 2. The van der Waals surface area contributed by atoms with Gasteiger partial charge in [0.2, 0.25) is 5.95 Å². The number of pyridine rings is 1. The number of nitrogens with one attached hydrogen (secondary N) is 1. The van der Waals surface area contributed by atoms with E-state index >= 15 is 4.39 Å². The Labute approximate surface area is 231 Å². The number of anilines is 2. The molecule has 13 heteroatoms. The van der Waals surface area contributed by atoms with E-state index in [0.29, 0.717) is 30.4 Å². The number of carbonyl (C=O) groups is 2. The fourth-order valence-corrected chi connectivity index (χ4v) is 4.85. The van der Waals surface area contributed by atoms with Crippen LogP contribution in [0.5, 0.6) is 0 Å². The number of halogens is 4. The second-order valence-electron chi connectivity index (χ2n) is 9.39. The van der Waals surface area contributed by atoms with Gasteiger partial charge in [-0.25, -0.2) is 19.3 Å². The van der Waals surface area contributed by atoms with Crippen LogP contribution >= 0.6 is 0 Å². The van der Waals surface area contributed by atoms with Crippen molar-refractivity contribution in [3.05, 3.63) is 71.4 Å². The molecule has 0 saturated carbocycles. The molecule has 1 aliphatic heterocycles. The minimum Gasteiger partial charge on any atom is -0.369 e. The Morgan fingerprint density at radius 1 is 1.12 bits per heavy atom. The van der Waals surface area contributed by atoms with Crippen LogP contribution < -0.4 is 11.1 Å². The van der Waals surface area contributed by atoms with Crippen molar-refractivity contribution < 1.29 is 27.2 Å². The van der Waals surface area contributed by atoms with Crippen molar-refractivity contribution >= 4 is 29.1 Å². The van der Waals surface area contributed by atoms with Crippen LogP contribution in [0.3, 0.4) is 0 Å². The molecule has 0 radical (unpaired) electrons. The van der Waals surface area contributed by atoms with Crippen molar-refractivity contribution in [2.24, 2.45) is 0 Å². The Hall–Kier alpha value is -4.99. The number of nitrogens with zero attached hydrogens (tertiary/aromatic N) is 5. The van der Waals surface area contributed by atoms with Crippen molar-refractivity contribution in [2.75, 3.05) is 24.1 Å². The van der Waals surface area contributed by atoms with E-state index in [1.165, 1.54) is 18.3 Å². The van der Waals surface area contributed by atoms with Gasteiger partial charge >= 0.3 is 6.18 Å². The second kappa shape index (κ2) is 10.9. The van der Waals surface area contributed by atoms with E-state index in [1.807, 2.05) is 0 Å². The zero-order valence-corrected chi connectivity index (χ0v) is 21.7. The molecule has 41 heavy (non-hydrogen) atoms. The summed E-state index contributed by atoms with van der Waals surface area (Å²) in [7, 11) is 0. The molecule has 9 nitrogen and oxygen atoms in total. The first-order valence-corrected chi connectivity index (χ1v) is 12.6. The number of fused-ring (bicyclic) bond motifs is 1. The summed E-state index contributed by atoms with van der Waals surface area (Å²) in [6.07, 6.45) is -0.697. The molecule has 2 amide bonds. The lowest BCUT2D eigenvalue weighted by atomic mass is 9.94. The Morgan fingerprint density at radius 3 is 2.63 bits per heavy atom. The molecular weight excluding hydrogens is 542 g/mol. The first-order valence-electron chi connectivity index (χ1n) is 12.6. The number of piperidine rings is 1. The molecule has 1 saturated heterocycles. The highest BCUT2D eigenvalue weighted by molar-refractivity contribution is 6.04. The Morgan fingerprint density at radius 2 is 1.90 bits per heavy atom. The normalized spacial score (nSPS) is 15.3. The number of nitrogens with two attached hydrogens (primary N) is 1. The number of hydrogen-bond acceptors (Lipinski definition) is 6. The summed E-state index contributed by atoms with van der Waals surface area (Å²) in [6, 6.07) is 6.90.